The van der Waals surface area contributed by atoms with Crippen LogP contribution in [0.2, 0.25) is 0 Å². The Labute approximate surface area is 213 Å². The van der Waals surface area contributed by atoms with E-state index in [0.29, 0.717) is 17.1 Å². The Kier molecular flexibility index (Phi) is 8.52. The average molecular weight is 560 g/mol. The number of aryl methyl sites for hydroxylation is 2. The summed E-state index contributed by atoms with van der Waals surface area (Å²) in [5.41, 5.74) is 5.01. The molecular weight excluding hydrogens is 534 g/mol. The number of anilines is 1. The van der Waals surface area contributed by atoms with Gasteiger partial charge in [0.05, 0.1) is 31.0 Å². The van der Waals surface area contributed by atoms with Gasteiger partial charge < -0.3 is 9.47 Å². The van der Waals surface area contributed by atoms with Gasteiger partial charge in [-0.05, 0) is 61.9 Å². The number of methoxy groups -OCH3 is 2. The van der Waals surface area contributed by atoms with Gasteiger partial charge in [0.1, 0.15) is 18.0 Å². The number of rotatable bonds is 9. The fourth-order valence-corrected chi connectivity index (χ4v) is 5.08. The maximum atomic E-state index is 13.6. The molecule has 0 saturated carbocycles. The molecule has 184 valence electrons. The summed E-state index contributed by atoms with van der Waals surface area (Å²) in [6, 6.07) is 16.9. The molecule has 10 heteroatoms. The second-order valence-electron chi connectivity index (χ2n) is 7.68. The molecule has 0 radical (unpaired) electrons. The molecule has 0 aromatic heterocycles. The summed E-state index contributed by atoms with van der Waals surface area (Å²) in [6.07, 6.45) is 1.42. The third kappa shape index (κ3) is 6.40. The molecule has 0 unspecified atom stereocenters. The van der Waals surface area contributed by atoms with E-state index >= 15 is 0 Å². The van der Waals surface area contributed by atoms with E-state index < -0.39 is 22.5 Å². The topological polar surface area (TPSA) is 97.3 Å². The van der Waals surface area contributed by atoms with E-state index in [1.807, 2.05) is 19.9 Å². The van der Waals surface area contributed by atoms with Gasteiger partial charge in [-0.1, -0.05) is 39.7 Å². The van der Waals surface area contributed by atoms with Gasteiger partial charge in [0.25, 0.3) is 15.9 Å². The minimum atomic E-state index is -4.09. The van der Waals surface area contributed by atoms with Gasteiger partial charge in [-0.2, -0.15) is 5.10 Å². The van der Waals surface area contributed by atoms with Crippen molar-refractivity contribution in [3.05, 3.63) is 81.8 Å². The summed E-state index contributed by atoms with van der Waals surface area (Å²) >= 11 is 3.38. The minimum Gasteiger partial charge on any atom is -0.496 e. The quantitative estimate of drug-likeness (QED) is 0.309. The van der Waals surface area contributed by atoms with E-state index in [1.54, 1.807) is 42.5 Å². The molecule has 3 rings (SSSR count). The first-order valence-electron chi connectivity index (χ1n) is 10.5. The number of amides is 1. The third-order valence-corrected chi connectivity index (χ3v) is 7.35. The van der Waals surface area contributed by atoms with Crippen molar-refractivity contribution in [2.45, 2.75) is 18.7 Å². The van der Waals surface area contributed by atoms with Gasteiger partial charge in [-0.3, -0.25) is 9.10 Å². The predicted molar refractivity (Wildman–Crippen MR) is 140 cm³/mol. The maximum Gasteiger partial charge on any atom is 0.264 e. The lowest BCUT2D eigenvalue weighted by molar-refractivity contribution is -0.119. The largest absolute Gasteiger partial charge is 0.496 e. The second-order valence-corrected chi connectivity index (χ2v) is 10.5. The van der Waals surface area contributed by atoms with Crippen molar-refractivity contribution >= 4 is 43.8 Å². The number of hydrogen-bond acceptors (Lipinski definition) is 6. The minimum absolute atomic E-state index is 0.0573. The molecule has 0 aliphatic heterocycles. The normalized spacial score (nSPS) is 11.3. The molecule has 3 aromatic carbocycles. The van der Waals surface area contributed by atoms with E-state index in [4.69, 9.17) is 9.47 Å². The highest BCUT2D eigenvalue weighted by Crippen LogP contribution is 2.33. The van der Waals surface area contributed by atoms with E-state index in [2.05, 4.69) is 26.5 Å². The molecule has 0 fully saturated rings. The number of carbonyl (C=O) groups is 1. The Bertz CT molecular complexity index is 1340. The fraction of sp³-hybridized carbons (Fsp3) is 0.200. The number of carbonyl (C=O) groups excluding carboxylic acids is 1. The van der Waals surface area contributed by atoms with Crippen LogP contribution in [0.25, 0.3) is 0 Å². The number of nitrogens with one attached hydrogen (secondary N) is 1. The fourth-order valence-electron chi connectivity index (χ4n) is 3.28. The van der Waals surface area contributed by atoms with Crippen LogP contribution < -0.4 is 19.2 Å². The van der Waals surface area contributed by atoms with Gasteiger partial charge in [0.2, 0.25) is 0 Å². The highest BCUT2D eigenvalue weighted by atomic mass is 79.9. The SMILES string of the molecule is COc1ccc(Br)cc1/C=N\NC(=O)CN(c1cc(C)ccc1OC)S(=O)(=O)c1ccc(C)cc1. The van der Waals surface area contributed by atoms with Gasteiger partial charge in [0.15, 0.2) is 0 Å². The van der Waals surface area contributed by atoms with Crippen LogP contribution in [0.4, 0.5) is 5.69 Å². The first-order valence-corrected chi connectivity index (χ1v) is 12.8. The molecule has 35 heavy (non-hydrogen) atoms. The van der Waals surface area contributed by atoms with E-state index in [9.17, 15) is 13.2 Å². The van der Waals surface area contributed by atoms with Crippen molar-refractivity contribution in [3.8, 4) is 11.5 Å². The number of benzene rings is 3. The van der Waals surface area contributed by atoms with E-state index in [0.717, 1.165) is 19.9 Å². The Hall–Kier alpha value is -3.37. The number of hydrazone groups is 1. The van der Waals surface area contributed by atoms with Crippen LogP contribution in [-0.4, -0.2) is 41.3 Å². The van der Waals surface area contributed by atoms with Crippen LogP contribution in [0.3, 0.4) is 0 Å². The lowest BCUT2D eigenvalue weighted by Crippen LogP contribution is -2.39. The highest BCUT2D eigenvalue weighted by molar-refractivity contribution is 9.10. The Morgan fingerprint density at radius 1 is 0.971 bits per heavy atom. The van der Waals surface area contributed by atoms with Crippen molar-refractivity contribution in [2.24, 2.45) is 5.10 Å². The van der Waals surface area contributed by atoms with Crippen LogP contribution >= 0.6 is 15.9 Å². The zero-order valence-corrected chi connectivity index (χ0v) is 22.2. The number of ether oxygens (including phenoxy) is 2. The third-order valence-electron chi connectivity index (χ3n) is 5.08. The van der Waals surface area contributed by atoms with Crippen molar-refractivity contribution in [1.82, 2.24) is 5.43 Å². The molecular formula is C25H26BrN3O5S. The summed E-state index contributed by atoms with van der Waals surface area (Å²) in [7, 11) is -1.12. The van der Waals surface area contributed by atoms with Gasteiger partial charge >= 0.3 is 0 Å². The monoisotopic (exact) mass is 559 g/mol. The molecule has 1 amide bonds. The molecule has 0 spiro atoms. The number of nitrogens with zero attached hydrogens (tertiary/aromatic N) is 2. The average Bonchev–Trinajstić information content (AvgIpc) is 2.83. The molecule has 8 nitrogen and oxygen atoms in total. The smallest absolute Gasteiger partial charge is 0.264 e. The first kappa shape index (κ1) is 26.2. The van der Waals surface area contributed by atoms with Crippen LogP contribution in [0.5, 0.6) is 11.5 Å². The molecule has 0 atom stereocenters. The first-order chi connectivity index (χ1) is 16.6. The molecule has 0 aliphatic carbocycles. The number of halogens is 1. The molecule has 0 saturated heterocycles. The van der Waals surface area contributed by atoms with Crippen LogP contribution in [0.1, 0.15) is 16.7 Å². The molecule has 0 aliphatic rings. The Morgan fingerprint density at radius 3 is 2.26 bits per heavy atom. The summed E-state index contributed by atoms with van der Waals surface area (Å²) in [4.78, 5) is 12.9. The number of hydrogen-bond donors (Lipinski definition) is 1. The Balaban J connectivity index is 1.93. The van der Waals surface area contributed by atoms with E-state index in [1.165, 1.54) is 32.6 Å². The second kappa shape index (κ2) is 11.4. The zero-order chi connectivity index (χ0) is 25.6. The molecule has 3 aromatic rings. The summed E-state index contributed by atoms with van der Waals surface area (Å²) in [5.74, 6) is 0.259. The highest BCUT2D eigenvalue weighted by Gasteiger charge is 2.29. The lowest BCUT2D eigenvalue weighted by Gasteiger charge is -2.25. The molecule has 1 N–H and O–H groups in total. The van der Waals surface area contributed by atoms with Crippen LogP contribution in [-0.2, 0) is 14.8 Å². The van der Waals surface area contributed by atoms with Crippen LogP contribution in [0, 0.1) is 13.8 Å². The maximum absolute atomic E-state index is 13.6. The van der Waals surface area contributed by atoms with Crippen molar-refractivity contribution in [3.63, 3.8) is 0 Å². The molecule has 0 heterocycles. The van der Waals surface area contributed by atoms with Crippen molar-refractivity contribution in [2.75, 3.05) is 25.1 Å². The standard InChI is InChI=1S/C25H26BrN3O5S/c1-17-5-9-21(10-6-17)35(31,32)29(22-13-18(2)7-11-24(22)34-4)16-25(30)28-27-15-19-14-20(26)8-12-23(19)33-3/h5-15H,16H2,1-4H3,(H,28,30)/b27-15-. The van der Waals surface area contributed by atoms with Crippen LogP contribution in [0.15, 0.2) is 75.1 Å². The Morgan fingerprint density at radius 2 is 1.60 bits per heavy atom. The lowest BCUT2D eigenvalue weighted by atomic mass is 10.2. The predicted octanol–water partition coefficient (Wildman–Crippen LogP) is 4.43. The van der Waals surface area contributed by atoms with Crippen molar-refractivity contribution in [1.29, 1.82) is 0 Å². The summed E-state index contributed by atoms with van der Waals surface area (Å²) in [5, 5.41) is 3.99. The molecule has 0 bridgehead atoms. The zero-order valence-electron chi connectivity index (χ0n) is 19.8. The van der Waals surface area contributed by atoms with Gasteiger partial charge in [-0.15, -0.1) is 0 Å². The number of sulfonamides is 1. The summed E-state index contributed by atoms with van der Waals surface area (Å²) < 4.78 is 39.7. The van der Waals surface area contributed by atoms with Gasteiger partial charge in [0, 0.05) is 10.0 Å². The van der Waals surface area contributed by atoms with E-state index in [-0.39, 0.29) is 10.6 Å². The van der Waals surface area contributed by atoms with Gasteiger partial charge in [-0.25, -0.2) is 13.8 Å². The van der Waals surface area contributed by atoms with Crippen molar-refractivity contribution < 1.29 is 22.7 Å². The summed E-state index contributed by atoms with van der Waals surface area (Å²) in [6.45, 7) is 3.18.